The molecule has 358 valence electrons. The number of benzene rings is 7. The van der Waals surface area contributed by atoms with Crippen molar-refractivity contribution < 1.29 is 40.9 Å². The maximum atomic E-state index is 11.9. The number of hydrogen-bond acceptors (Lipinski definition) is 18. The molecule has 7 rings (SSSR count). The molecule has 7 aromatic carbocycles. The molecule has 0 bridgehead atoms. The Kier molecular flexibility index (Phi) is 14.9. The van der Waals surface area contributed by atoms with Crippen LogP contribution in [0, 0.1) is 34.6 Å². The van der Waals surface area contributed by atoms with Crippen molar-refractivity contribution in [3.63, 3.8) is 0 Å². The number of phenols is 2. The van der Waals surface area contributed by atoms with E-state index in [0.29, 0.717) is 50.5 Å². The second-order valence-electron chi connectivity index (χ2n) is 16.0. The molecule has 0 fully saturated rings. The van der Waals surface area contributed by atoms with Crippen LogP contribution in [-0.4, -0.2) is 48.5 Å². The van der Waals surface area contributed by atoms with E-state index in [2.05, 4.69) is 51.1 Å². The van der Waals surface area contributed by atoms with Gasteiger partial charge in [-0.25, -0.2) is 0 Å². The number of fused-ring (bicyclic) bond motifs is 1. The summed E-state index contributed by atoms with van der Waals surface area (Å²) in [5.74, 6) is -0.464. The Morgan fingerprint density at radius 2 is 0.971 bits per heavy atom. The monoisotopic (exact) mass is 983 g/mol. The zero-order valence-corrected chi connectivity index (χ0v) is 39.8. The van der Waals surface area contributed by atoms with Crippen LogP contribution in [0.25, 0.3) is 10.8 Å². The Labute approximate surface area is 402 Å². The highest BCUT2D eigenvalue weighted by molar-refractivity contribution is 7.86. The summed E-state index contributed by atoms with van der Waals surface area (Å²) in [5.41, 5.74) is 13.5. The van der Waals surface area contributed by atoms with Gasteiger partial charge in [0.1, 0.15) is 33.5 Å². The lowest BCUT2D eigenvalue weighted by Crippen LogP contribution is -2.08. The normalized spacial score (nSPS) is 12.5. The second-order valence-corrected chi connectivity index (χ2v) is 18.9. The van der Waals surface area contributed by atoms with Gasteiger partial charge in [0.15, 0.2) is 5.75 Å². The Morgan fingerprint density at radius 1 is 0.500 bits per heavy atom. The van der Waals surface area contributed by atoms with Crippen LogP contribution >= 0.6 is 0 Å². The quantitative estimate of drug-likeness (QED) is 0.0200. The maximum absolute atomic E-state index is 11.9. The van der Waals surface area contributed by atoms with E-state index in [4.69, 9.17) is 10.5 Å². The molecular formula is C48H45N11O9S2. The highest BCUT2D eigenvalue weighted by atomic mass is 32.2. The number of anilines is 1. The lowest BCUT2D eigenvalue weighted by Gasteiger charge is -2.11. The van der Waals surface area contributed by atoms with Gasteiger partial charge in [-0.2, -0.15) is 52.6 Å². The first-order valence-electron chi connectivity index (χ1n) is 21.2. The Balaban J connectivity index is 1.07. The highest BCUT2D eigenvalue weighted by Gasteiger charge is 2.16. The smallest absolute Gasteiger partial charge is 0.296 e. The summed E-state index contributed by atoms with van der Waals surface area (Å²) < 4.78 is 71.1. The Hall–Kier alpha value is -8.18. The molecular weight excluding hydrogens is 939 g/mol. The molecule has 0 aliphatic carbocycles. The third-order valence-corrected chi connectivity index (χ3v) is 12.3. The van der Waals surface area contributed by atoms with Crippen LogP contribution in [0.15, 0.2) is 165 Å². The van der Waals surface area contributed by atoms with E-state index >= 15 is 0 Å². The SMILES string of the molecule is Cc1cc(N=Nc2cc(C)c(N=Nc3ccccc3S(=O)(=O)O)cc2OCCCS(=O)(=O)O)c(C)cc1N=Nc1cc(C)c(N=Nc2ccc3cc(N=Nc4ccc(O)c(N)c4)ccc3c2O)cc1C. The van der Waals surface area contributed by atoms with Crippen molar-refractivity contribution in [2.45, 2.75) is 45.9 Å². The zero-order valence-electron chi connectivity index (χ0n) is 38.2. The van der Waals surface area contributed by atoms with Crippen LogP contribution in [0.2, 0.25) is 0 Å². The first-order valence-corrected chi connectivity index (χ1v) is 24.2. The van der Waals surface area contributed by atoms with Crippen molar-refractivity contribution in [2.75, 3.05) is 18.1 Å². The van der Waals surface area contributed by atoms with Gasteiger partial charge >= 0.3 is 0 Å². The molecule has 22 heteroatoms. The molecule has 0 spiro atoms. The summed E-state index contributed by atoms with van der Waals surface area (Å²) in [6.07, 6.45) is -0.0388. The van der Waals surface area contributed by atoms with Crippen LogP contribution in [-0.2, 0) is 20.2 Å². The van der Waals surface area contributed by atoms with Crippen LogP contribution in [0.4, 0.5) is 62.6 Å². The second kappa shape index (κ2) is 21.0. The van der Waals surface area contributed by atoms with Crippen molar-refractivity contribution in [2.24, 2.45) is 51.1 Å². The van der Waals surface area contributed by atoms with Gasteiger partial charge in [-0.05, 0) is 159 Å². The summed E-state index contributed by atoms with van der Waals surface area (Å²) in [4.78, 5) is -0.430. The zero-order chi connectivity index (χ0) is 50.3. The number of aromatic hydroxyl groups is 2. The number of aryl methyl sites for hydroxylation is 5. The molecule has 6 N–H and O–H groups in total. The van der Waals surface area contributed by atoms with Gasteiger partial charge in [-0.1, -0.05) is 18.2 Å². The minimum Gasteiger partial charge on any atom is -0.506 e. The van der Waals surface area contributed by atoms with Crippen LogP contribution in [0.1, 0.15) is 34.2 Å². The molecule has 0 radical (unpaired) electrons. The van der Waals surface area contributed by atoms with Crippen molar-refractivity contribution in [3.8, 4) is 17.2 Å². The number of hydrogen-bond donors (Lipinski definition) is 5. The third kappa shape index (κ3) is 12.5. The fourth-order valence-corrected chi connectivity index (χ4v) is 7.84. The molecule has 0 saturated heterocycles. The summed E-state index contributed by atoms with van der Waals surface area (Å²) in [7, 11) is -8.82. The molecule has 0 unspecified atom stereocenters. The first-order chi connectivity index (χ1) is 33.2. The summed E-state index contributed by atoms with van der Waals surface area (Å²) in [5, 5.41) is 65.5. The minimum absolute atomic E-state index is 0.0373. The van der Waals surface area contributed by atoms with E-state index in [-0.39, 0.29) is 58.7 Å². The highest BCUT2D eigenvalue weighted by Crippen LogP contribution is 2.41. The number of nitrogen functional groups attached to an aromatic ring is 1. The third-order valence-electron chi connectivity index (χ3n) is 10.6. The maximum Gasteiger partial charge on any atom is 0.296 e. The molecule has 0 amide bonds. The van der Waals surface area contributed by atoms with E-state index in [9.17, 15) is 36.2 Å². The van der Waals surface area contributed by atoms with Gasteiger partial charge in [-0.3, -0.25) is 9.11 Å². The number of phenolic OH excluding ortho intramolecular Hbond substituents is 2. The van der Waals surface area contributed by atoms with Gasteiger partial charge in [0.25, 0.3) is 20.2 Å². The average Bonchev–Trinajstić information content (AvgIpc) is 3.30. The number of ether oxygens (including phenoxy) is 1. The molecule has 0 heterocycles. The summed E-state index contributed by atoms with van der Waals surface area (Å²) >= 11 is 0. The van der Waals surface area contributed by atoms with Crippen molar-refractivity contribution in [3.05, 3.63) is 137 Å². The largest absolute Gasteiger partial charge is 0.506 e. The van der Waals surface area contributed by atoms with Crippen molar-refractivity contribution >= 4 is 93.6 Å². The van der Waals surface area contributed by atoms with E-state index in [1.165, 1.54) is 42.5 Å². The van der Waals surface area contributed by atoms with Gasteiger partial charge in [0, 0.05) is 11.5 Å². The number of azo groups is 5. The molecule has 0 atom stereocenters. The van der Waals surface area contributed by atoms with E-state index in [1.54, 1.807) is 55.5 Å². The molecule has 0 aliphatic heterocycles. The summed E-state index contributed by atoms with van der Waals surface area (Å²) in [6, 6.07) is 29.1. The average molecular weight is 984 g/mol. The molecule has 0 saturated carbocycles. The van der Waals surface area contributed by atoms with E-state index in [0.717, 1.165) is 22.3 Å². The first kappa shape index (κ1) is 49.7. The number of nitrogens with zero attached hydrogens (tertiary/aromatic N) is 10. The molecule has 0 aliphatic rings. The van der Waals surface area contributed by atoms with Gasteiger partial charge in [-0.15, -0.1) is 15.3 Å². The standard InChI is InChI=1S/C48H45N11O9S2/c1-27-20-40(28(2)19-39(27)54-53-38-15-11-32-24-33(12-14-35(32)48(38)61)50-51-34-13-16-45(60)36(49)25-34)55-56-41-21-30(4)42(22-29(41)3)57-59-44-23-31(5)43(26-46(44)68-17-8-18-69(62,63)64)58-52-37-9-6-7-10-47(37)70(65,66)67/h6-7,9-16,19-26,60-61H,8,17-18,49H2,1-5H3,(H,62,63,64)(H,65,66,67). The lowest BCUT2D eigenvalue weighted by molar-refractivity contribution is 0.317. The Bertz CT molecular complexity index is 3560. The van der Waals surface area contributed by atoms with Crippen molar-refractivity contribution in [1.82, 2.24) is 0 Å². The van der Waals surface area contributed by atoms with Gasteiger partial charge in [0.05, 0.1) is 57.9 Å². The molecule has 70 heavy (non-hydrogen) atoms. The predicted molar refractivity (Wildman–Crippen MR) is 265 cm³/mol. The topological polar surface area (TPSA) is 308 Å². The van der Waals surface area contributed by atoms with Crippen molar-refractivity contribution in [1.29, 1.82) is 0 Å². The van der Waals surface area contributed by atoms with Gasteiger partial charge in [0.2, 0.25) is 0 Å². The number of nitrogens with two attached hydrogens (primary N) is 1. The number of rotatable bonds is 16. The van der Waals surface area contributed by atoms with Gasteiger partial charge < -0.3 is 20.7 Å². The molecule has 0 aromatic heterocycles. The van der Waals surface area contributed by atoms with Crippen LogP contribution in [0.5, 0.6) is 17.2 Å². The van der Waals surface area contributed by atoms with E-state index < -0.39 is 30.9 Å². The fourth-order valence-electron chi connectivity index (χ4n) is 6.73. The lowest BCUT2D eigenvalue weighted by atomic mass is 10.1. The predicted octanol–water partition coefficient (Wildman–Crippen LogP) is 14.4. The molecule has 20 nitrogen and oxygen atoms in total. The van der Waals surface area contributed by atoms with Crippen LogP contribution in [0.3, 0.4) is 0 Å². The Morgan fingerprint density at radius 3 is 1.51 bits per heavy atom. The fraction of sp³-hybridized carbons (Fsp3) is 0.167. The van der Waals surface area contributed by atoms with E-state index in [1.807, 2.05) is 45.9 Å². The summed E-state index contributed by atoms with van der Waals surface area (Å²) in [6.45, 7) is 9.03. The van der Waals surface area contributed by atoms with Crippen LogP contribution < -0.4 is 10.5 Å². The molecule has 7 aromatic rings. The minimum atomic E-state index is -4.58.